The van der Waals surface area contributed by atoms with Gasteiger partial charge in [0, 0.05) is 10.8 Å². The van der Waals surface area contributed by atoms with Crippen LogP contribution in [-0.2, 0) is 0 Å². The fourth-order valence-corrected chi connectivity index (χ4v) is 2.62. The number of hydrogen-bond acceptors (Lipinski definition) is 3. The van der Waals surface area contributed by atoms with Crippen molar-refractivity contribution in [3.63, 3.8) is 0 Å². The van der Waals surface area contributed by atoms with E-state index in [9.17, 15) is 0 Å². The van der Waals surface area contributed by atoms with Crippen LogP contribution in [0, 0.1) is 0 Å². The lowest BCUT2D eigenvalue weighted by Gasteiger charge is -2.13. The molecule has 1 heterocycles. The van der Waals surface area contributed by atoms with Crippen LogP contribution in [0.1, 0.15) is 65.2 Å². The Balaban J connectivity index is 1.93. The SMILES string of the molecule is CCCCCCOc1cc2cocc2cc1OCCCCCC. The summed E-state index contributed by atoms with van der Waals surface area (Å²) >= 11 is 0. The zero-order valence-electron chi connectivity index (χ0n) is 14.6. The van der Waals surface area contributed by atoms with E-state index in [1.54, 1.807) is 12.5 Å². The van der Waals surface area contributed by atoms with E-state index in [1.807, 2.05) is 12.1 Å². The van der Waals surface area contributed by atoms with Gasteiger partial charge in [0.25, 0.3) is 0 Å². The van der Waals surface area contributed by atoms with Gasteiger partial charge in [0.1, 0.15) is 0 Å². The second-order valence-electron chi connectivity index (χ2n) is 6.12. The maximum absolute atomic E-state index is 5.97. The van der Waals surface area contributed by atoms with E-state index in [0.29, 0.717) is 0 Å². The molecular formula is C20H30O3. The Morgan fingerprint density at radius 2 is 1.17 bits per heavy atom. The summed E-state index contributed by atoms with van der Waals surface area (Å²) in [5.74, 6) is 1.68. The average Bonchev–Trinajstić information content (AvgIpc) is 3.01. The highest BCUT2D eigenvalue weighted by Gasteiger charge is 2.09. The Labute approximate surface area is 140 Å². The summed E-state index contributed by atoms with van der Waals surface area (Å²) in [4.78, 5) is 0. The molecule has 0 unspecified atom stereocenters. The minimum absolute atomic E-state index is 0.746. The van der Waals surface area contributed by atoms with Crippen molar-refractivity contribution in [2.45, 2.75) is 65.2 Å². The van der Waals surface area contributed by atoms with Crippen LogP contribution in [0.15, 0.2) is 29.1 Å². The van der Waals surface area contributed by atoms with E-state index in [2.05, 4.69) is 13.8 Å². The zero-order chi connectivity index (χ0) is 16.3. The minimum atomic E-state index is 0.746. The van der Waals surface area contributed by atoms with Gasteiger partial charge in [-0.15, -0.1) is 0 Å². The van der Waals surface area contributed by atoms with Crippen molar-refractivity contribution in [2.75, 3.05) is 13.2 Å². The molecule has 0 bridgehead atoms. The molecule has 2 rings (SSSR count). The number of rotatable bonds is 12. The van der Waals surface area contributed by atoms with Gasteiger partial charge in [0.15, 0.2) is 11.5 Å². The summed E-state index contributed by atoms with van der Waals surface area (Å²) < 4.78 is 17.2. The molecule has 0 saturated heterocycles. The molecule has 23 heavy (non-hydrogen) atoms. The predicted octanol–water partition coefficient (Wildman–Crippen LogP) is 6.35. The molecule has 2 aromatic rings. The van der Waals surface area contributed by atoms with Crippen LogP contribution in [0.5, 0.6) is 11.5 Å². The van der Waals surface area contributed by atoms with E-state index in [4.69, 9.17) is 13.9 Å². The van der Waals surface area contributed by atoms with Gasteiger partial charge < -0.3 is 13.9 Å². The van der Waals surface area contributed by atoms with Crippen LogP contribution in [0.3, 0.4) is 0 Å². The normalized spacial score (nSPS) is 11.0. The molecule has 0 aliphatic carbocycles. The summed E-state index contributed by atoms with van der Waals surface area (Å²) in [7, 11) is 0. The third kappa shape index (κ3) is 5.81. The van der Waals surface area contributed by atoms with Gasteiger partial charge in [0.2, 0.25) is 0 Å². The van der Waals surface area contributed by atoms with Crippen LogP contribution in [0.25, 0.3) is 10.8 Å². The van der Waals surface area contributed by atoms with Gasteiger partial charge in [-0.1, -0.05) is 52.4 Å². The third-order valence-electron chi connectivity index (χ3n) is 4.05. The van der Waals surface area contributed by atoms with Crippen molar-refractivity contribution < 1.29 is 13.9 Å². The van der Waals surface area contributed by atoms with Gasteiger partial charge >= 0.3 is 0 Å². The lowest BCUT2D eigenvalue weighted by atomic mass is 10.2. The largest absolute Gasteiger partial charge is 0.490 e. The van der Waals surface area contributed by atoms with Crippen molar-refractivity contribution >= 4 is 10.8 Å². The lowest BCUT2D eigenvalue weighted by Crippen LogP contribution is -2.02. The first-order chi connectivity index (χ1) is 11.3. The number of ether oxygens (including phenoxy) is 2. The van der Waals surface area contributed by atoms with E-state index in [-0.39, 0.29) is 0 Å². The molecule has 128 valence electrons. The topological polar surface area (TPSA) is 31.6 Å². The summed E-state index contributed by atoms with van der Waals surface area (Å²) in [5.41, 5.74) is 0. The van der Waals surface area contributed by atoms with Crippen molar-refractivity contribution in [3.05, 3.63) is 24.7 Å². The highest BCUT2D eigenvalue weighted by molar-refractivity contribution is 5.84. The van der Waals surface area contributed by atoms with Gasteiger partial charge in [-0.25, -0.2) is 0 Å². The molecule has 0 amide bonds. The van der Waals surface area contributed by atoms with Gasteiger partial charge in [-0.2, -0.15) is 0 Å². The summed E-state index contributed by atoms with van der Waals surface area (Å²) in [5, 5.41) is 2.12. The first-order valence-electron chi connectivity index (χ1n) is 9.10. The summed E-state index contributed by atoms with van der Waals surface area (Å²) in [6, 6.07) is 4.06. The molecule has 0 radical (unpaired) electrons. The zero-order valence-corrected chi connectivity index (χ0v) is 14.6. The fourth-order valence-electron chi connectivity index (χ4n) is 2.62. The summed E-state index contributed by atoms with van der Waals surface area (Å²) in [6.07, 6.45) is 13.2. The smallest absolute Gasteiger partial charge is 0.161 e. The van der Waals surface area contributed by atoms with E-state index < -0.39 is 0 Å². The van der Waals surface area contributed by atoms with Gasteiger partial charge in [-0.3, -0.25) is 0 Å². The maximum Gasteiger partial charge on any atom is 0.161 e. The molecule has 0 atom stereocenters. The Bertz CT molecular complexity index is 511. The highest BCUT2D eigenvalue weighted by atomic mass is 16.5. The van der Waals surface area contributed by atoms with Crippen LogP contribution in [0.4, 0.5) is 0 Å². The van der Waals surface area contributed by atoms with Crippen LogP contribution < -0.4 is 9.47 Å². The average molecular weight is 318 g/mol. The summed E-state index contributed by atoms with van der Waals surface area (Å²) in [6.45, 7) is 5.93. The monoisotopic (exact) mass is 318 g/mol. The Hall–Kier alpha value is -1.64. The van der Waals surface area contributed by atoms with Gasteiger partial charge in [0.05, 0.1) is 25.7 Å². The standard InChI is InChI=1S/C20H30O3/c1-3-5-7-9-11-22-19-13-17-15-21-16-18(17)14-20(19)23-12-10-8-6-4-2/h13-16H,3-12H2,1-2H3. The first-order valence-corrected chi connectivity index (χ1v) is 9.10. The number of hydrogen-bond donors (Lipinski definition) is 0. The molecule has 1 aromatic carbocycles. The van der Waals surface area contributed by atoms with E-state index >= 15 is 0 Å². The van der Waals surface area contributed by atoms with Crippen LogP contribution in [-0.4, -0.2) is 13.2 Å². The molecule has 3 nitrogen and oxygen atoms in total. The lowest BCUT2D eigenvalue weighted by molar-refractivity contribution is 0.259. The minimum Gasteiger partial charge on any atom is -0.490 e. The van der Waals surface area contributed by atoms with Crippen molar-refractivity contribution in [1.82, 2.24) is 0 Å². The molecule has 0 spiro atoms. The maximum atomic E-state index is 5.97. The molecule has 1 aromatic heterocycles. The van der Waals surface area contributed by atoms with Crippen molar-refractivity contribution in [3.8, 4) is 11.5 Å². The first kappa shape index (κ1) is 17.7. The number of benzene rings is 1. The second-order valence-corrected chi connectivity index (χ2v) is 6.12. The molecule has 3 heteroatoms. The molecule has 0 aliphatic rings. The molecule has 0 fully saturated rings. The van der Waals surface area contributed by atoms with Crippen LogP contribution >= 0.6 is 0 Å². The number of unbranched alkanes of at least 4 members (excludes halogenated alkanes) is 6. The Morgan fingerprint density at radius 3 is 1.61 bits per heavy atom. The van der Waals surface area contributed by atoms with Crippen LogP contribution in [0.2, 0.25) is 0 Å². The predicted molar refractivity (Wildman–Crippen MR) is 95.5 cm³/mol. The second kappa shape index (κ2) is 10.2. The van der Waals surface area contributed by atoms with E-state index in [1.165, 1.54) is 38.5 Å². The Kier molecular flexibility index (Phi) is 7.85. The number of fused-ring (bicyclic) bond motifs is 1. The number of furan rings is 1. The molecule has 0 saturated carbocycles. The Morgan fingerprint density at radius 1 is 0.696 bits per heavy atom. The third-order valence-corrected chi connectivity index (χ3v) is 4.05. The van der Waals surface area contributed by atoms with E-state index in [0.717, 1.165) is 48.3 Å². The van der Waals surface area contributed by atoms with Crippen molar-refractivity contribution in [1.29, 1.82) is 0 Å². The highest BCUT2D eigenvalue weighted by Crippen LogP contribution is 2.33. The molecular weight excluding hydrogens is 288 g/mol. The molecule has 0 N–H and O–H groups in total. The quantitative estimate of drug-likeness (QED) is 0.427. The molecule has 0 aliphatic heterocycles. The van der Waals surface area contributed by atoms with Crippen molar-refractivity contribution in [2.24, 2.45) is 0 Å². The fraction of sp³-hybridized carbons (Fsp3) is 0.600. The van der Waals surface area contributed by atoms with Gasteiger partial charge in [-0.05, 0) is 25.0 Å².